The summed E-state index contributed by atoms with van der Waals surface area (Å²) in [5, 5.41) is 21.0. The first-order valence-electron chi connectivity index (χ1n) is 8.25. The summed E-state index contributed by atoms with van der Waals surface area (Å²) in [5.41, 5.74) is 0.213. The first-order chi connectivity index (χ1) is 11.7. The maximum absolute atomic E-state index is 12.1. The van der Waals surface area contributed by atoms with Gasteiger partial charge in [-0.25, -0.2) is 4.79 Å². The zero-order chi connectivity index (χ0) is 18.6. The number of carboxylic acid groups (broad SMARTS) is 1. The molecule has 0 aromatic heterocycles. The molecule has 1 heterocycles. The summed E-state index contributed by atoms with van der Waals surface area (Å²) >= 11 is 0. The molecule has 1 fully saturated rings. The van der Waals surface area contributed by atoms with Crippen LogP contribution in [0.4, 0.5) is 4.79 Å². The predicted octanol–water partition coefficient (Wildman–Crippen LogP) is -0.515. The molecule has 0 unspecified atom stereocenters. The monoisotopic (exact) mass is 345 g/mol. The van der Waals surface area contributed by atoms with Crippen molar-refractivity contribution in [2.75, 3.05) is 26.2 Å². The number of nitrogens with zero attached hydrogens (tertiary/aromatic N) is 2. The lowest BCUT2D eigenvalue weighted by atomic mass is 9.99. The van der Waals surface area contributed by atoms with Gasteiger partial charge in [0.25, 0.3) is 0 Å². The fraction of sp³-hybridized carbons (Fsp3) is 0.500. The highest BCUT2D eigenvalue weighted by Crippen LogP contribution is 2.16. The quantitative estimate of drug-likeness (QED) is 0.795. The Balaban J connectivity index is 2.10. The van der Waals surface area contributed by atoms with Crippen molar-refractivity contribution in [2.24, 2.45) is 0 Å². The molecule has 1 aromatic carbocycles. The normalized spacial score (nSPS) is 16.8. The van der Waals surface area contributed by atoms with E-state index < -0.39 is 23.7 Å². The molecule has 1 atom stereocenters. The Labute approximate surface area is 147 Å². The number of aliphatic carboxylic acids is 1. The number of nitrogens with one attached hydrogen (secondary N) is 1. The number of carbonyl (C=O) groups is 2. The minimum atomic E-state index is -1.22. The summed E-state index contributed by atoms with van der Waals surface area (Å²) in [4.78, 5) is 26.2. The largest absolute Gasteiger partial charge is 0.544 e. The number of quaternary nitrogens is 1. The van der Waals surface area contributed by atoms with Crippen LogP contribution in [0.3, 0.4) is 0 Å². The van der Waals surface area contributed by atoms with Crippen molar-refractivity contribution in [1.82, 2.24) is 4.90 Å². The van der Waals surface area contributed by atoms with E-state index in [2.05, 4.69) is 0 Å². The van der Waals surface area contributed by atoms with Crippen LogP contribution >= 0.6 is 0 Å². The highest BCUT2D eigenvalue weighted by Gasteiger charge is 2.33. The van der Waals surface area contributed by atoms with Crippen molar-refractivity contribution in [3.63, 3.8) is 0 Å². The lowest BCUT2D eigenvalue weighted by molar-refractivity contribution is -0.928. The van der Waals surface area contributed by atoms with E-state index in [1.165, 1.54) is 0 Å². The van der Waals surface area contributed by atoms with Crippen molar-refractivity contribution in [3.8, 4) is 6.07 Å². The Morgan fingerprint density at radius 2 is 1.88 bits per heavy atom. The molecular weight excluding hydrogens is 322 g/mol. The molecule has 134 valence electrons. The summed E-state index contributed by atoms with van der Waals surface area (Å²) < 4.78 is 5.35. The number of piperazine rings is 1. The topological polar surface area (TPSA) is 97.9 Å². The van der Waals surface area contributed by atoms with E-state index in [1.54, 1.807) is 49.9 Å². The maximum atomic E-state index is 12.1. The summed E-state index contributed by atoms with van der Waals surface area (Å²) in [6.07, 6.45) is -0.394. The number of nitriles is 1. The van der Waals surface area contributed by atoms with Crippen LogP contribution < -0.4 is 10.0 Å². The summed E-state index contributed by atoms with van der Waals surface area (Å²) in [6.45, 7) is 7.08. The molecule has 0 saturated carbocycles. The second-order valence-corrected chi connectivity index (χ2v) is 7.08. The first kappa shape index (κ1) is 18.7. The fourth-order valence-electron chi connectivity index (χ4n) is 2.96. The van der Waals surface area contributed by atoms with E-state index in [1.807, 2.05) is 6.07 Å². The first-order valence-corrected chi connectivity index (χ1v) is 8.25. The summed E-state index contributed by atoms with van der Waals surface area (Å²) in [6, 6.07) is 7.75. The molecule has 0 aliphatic carbocycles. The van der Waals surface area contributed by atoms with Crippen LogP contribution in [0, 0.1) is 11.3 Å². The van der Waals surface area contributed by atoms with Gasteiger partial charge in [0, 0.05) is 5.56 Å². The summed E-state index contributed by atoms with van der Waals surface area (Å²) in [5.74, 6) is -1.22. The standard InChI is InChI=1S/C18H23N3O4/c1-18(2,3)25-17(24)21-10-8-20(9-11-21)15(16(22)23)14-7-5-4-6-13(14)12-19/h4-7,15H,8-11H2,1-3H3,(H,22,23)/t15-/m1/s1. The minimum absolute atomic E-state index is 0.332. The van der Waals surface area contributed by atoms with E-state index >= 15 is 0 Å². The van der Waals surface area contributed by atoms with Crippen LogP contribution in [-0.4, -0.2) is 48.7 Å². The molecule has 0 bridgehead atoms. The number of carboxylic acids is 1. The molecule has 7 heteroatoms. The van der Waals surface area contributed by atoms with Crippen LogP contribution in [0.1, 0.15) is 37.9 Å². The zero-order valence-corrected chi connectivity index (χ0v) is 14.7. The minimum Gasteiger partial charge on any atom is -0.544 e. The van der Waals surface area contributed by atoms with Gasteiger partial charge in [-0.2, -0.15) is 5.26 Å². The van der Waals surface area contributed by atoms with Crippen molar-refractivity contribution >= 4 is 12.1 Å². The van der Waals surface area contributed by atoms with E-state index in [4.69, 9.17) is 4.74 Å². The van der Waals surface area contributed by atoms with Crippen molar-refractivity contribution < 1.29 is 24.3 Å². The number of rotatable bonds is 3. The average Bonchev–Trinajstić information content (AvgIpc) is 2.54. The molecule has 0 spiro atoms. The molecule has 0 radical (unpaired) electrons. The third-order valence-corrected chi connectivity index (χ3v) is 4.09. The maximum Gasteiger partial charge on any atom is 0.410 e. The number of hydrogen-bond donors (Lipinski definition) is 1. The molecule has 1 aliphatic rings. The predicted molar refractivity (Wildman–Crippen MR) is 87.4 cm³/mol. The van der Waals surface area contributed by atoms with Crippen LogP contribution in [0.5, 0.6) is 0 Å². The van der Waals surface area contributed by atoms with Crippen molar-refractivity contribution in [2.45, 2.75) is 32.4 Å². The summed E-state index contributed by atoms with van der Waals surface area (Å²) in [7, 11) is 0. The Bertz CT molecular complexity index is 682. The van der Waals surface area contributed by atoms with Gasteiger partial charge in [-0.15, -0.1) is 0 Å². The van der Waals surface area contributed by atoms with Crippen LogP contribution in [0.25, 0.3) is 0 Å². The van der Waals surface area contributed by atoms with Gasteiger partial charge >= 0.3 is 6.09 Å². The lowest BCUT2D eigenvalue weighted by Crippen LogP contribution is -3.16. The van der Waals surface area contributed by atoms with Gasteiger partial charge in [-0.3, -0.25) is 4.90 Å². The van der Waals surface area contributed by atoms with Crippen LogP contribution in [-0.2, 0) is 9.53 Å². The van der Waals surface area contributed by atoms with Gasteiger partial charge in [0.1, 0.15) is 11.6 Å². The molecule has 7 nitrogen and oxygen atoms in total. The fourth-order valence-corrected chi connectivity index (χ4v) is 2.96. The van der Waals surface area contributed by atoms with Gasteiger partial charge in [-0.05, 0) is 26.8 Å². The molecule has 1 aromatic rings. The highest BCUT2D eigenvalue weighted by molar-refractivity contribution is 5.73. The number of ether oxygens (including phenoxy) is 1. The Kier molecular flexibility index (Phi) is 5.65. The molecule has 1 saturated heterocycles. The van der Waals surface area contributed by atoms with Crippen molar-refractivity contribution in [1.29, 1.82) is 5.26 Å². The lowest BCUT2D eigenvalue weighted by Gasteiger charge is -2.37. The Morgan fingerprint density at radius 3 is 2.40 bits per heavy atom. The molecular formula is C18H23N3O4. The molecule has 1 aliphatic heterocycles. The van der Waals surface area contributed by atoms with Crippen LogP contribution in [0.2, 0.25) is 0 Å². The molecule has 25 heavy (non-hydrogen) atoms. The molecule has 1 amide bonds. The van der Waals surface area contributed by atoms with E-state index in [9.17, 15) is 20.0 Å². The second kappa shape index (κ2) is 7.53. The second-order valence-electron chi connectivity index (χ2n) is 7.08. The van der Waals surface area contributed by atoms with Gasteiger partial charge in [0.2, 0.25) is 0 Å². The van der Waals surface area contributed by atoms with E-state index in [-0.39, 0.29) is 0 Å². The number of hydrogen-bond acceptors (Lipinski definition) is 5. The van der Waals surface area contributed by atoms with E-state index in [0.29, 0.717) is 37.3 Å². The number of benzene rings is 1. The van der Waals surface area contributed by atoms with Crippen molar-refractivity contribution in [3.05, 3.63) is 35.4 Å². The van der Waals surface area contributed by atoms with Crippen LogP contribution in [0.15, 0.2) is 24.3 Å². The molecule has 2 rings (SSSR count). The highest BCUT2D eigenvalue weighted by atomic mass is 16.6. The van der Waals surface area contributed by atoms with Gasteiger partial charge in [0.05, 0.1) is 37.8 Å². The number of amides is 1. The Hall–Kier alpha value is -2.59. The smallest absolute Gasteiger partial charge is 0.410 e. The van der Waals surface area contributed by atoms with Gasteiger partial charge in [-0.1, -0.05) is 18.2 Å². The van der Waals surface area contributed by atoms with E-state index in [0.717, 1.165) is 4.90 Å². The Morgan fingerprint density at radius 1 is 1.28 bits per heavy atom. The molecule has 1 N–H and O–H groups in total. The average molecular weight is 345 g/mol. The third kappa shape index (κ3) is 4.70. The number of carbonyl (C=O) groups excluding carboxylic acids is 2. The van der Waals surface area contributed by atoms with Gasteiger partial charge in [0.15, 0.2) is 6.04 Å². The zero-order valence-electron chi connectivity index (χ0n) is 14.7. The third-order valence-electron chi connectivity index (χ3n) is 4.09. The van der Waals surface area contributed by atoms with Gasteiger partial charge < -0.3 is 19.5 Å². The SMILES string of the molecule is CC(C)(C)OC(=O)N1CC[NH+]([C@@H](C(=O)[O-])c2ccccc2C#N)CC1.